The smallest absolute Gasteiger partial charge is 0.143 e. The summed E-state index contributed by atoms with van der Waals surface area (Å²) in [5, 5.41) is 75.8. The number of phenolic OH excluding ortho intramolecular Hbond substituents is 6. The lowest BCUT2D eigenvalue weighted by Crippen LogP contribution is -2.22. The van der Waals surface area contributed by atoms with E-state index in [1.807, 2.05) is 153 Å². The summed E-state index contributed by atoms with van der Waals surface area (Å²) in [7, 11) is 0. The second kappa shape index (κ2) is 45.4. The van der Waals surface area contributed by atoms with Crippen molar-refractivity contribution in [3.8, 4) is 89.4 Å². The van der Waals surface area contributed by atoms with Gasteiger partial charge in [-0.05, 0) is 212 Å². The number of aromatic nitrogens is 2. The van der Waals surface area contributed by atoms with Gasteiger partial charge in [0.25, 0.3) is 0 Å². The Balaban J connectivity index is 0.000000168. The molecule has 10 nitrogen and oxygen atoms in total. The molecule has 0 bridgehead atoms. The van der Waals surface area contributed by atoms with E-state index in [9.17, 15) is 30.6 Å². The van der Waals surface area contributed by atoms with Crippen molar-refractivity contribution in [2.75, 3.05) is 0 Å². The molecule has 12 aromatic rings. The monoisotopic (exact) mass is 1930 g/mol. The second-order valence-corrected chi connectivity index (χ2v) is 52.1. The molecule has 3 fully saturated rings. The highest BCUT2D eigenvalue weighted by molar-refractivity contribution is 8.04. The maximum atomic E-state index is 11.5. The van der Waals surface area contributed by atoms with Crippen LogP contribution in [0.15, 0.2) is 203 Å². The van der Waals surface area contributed by atoms with Crippen molar-refractivity contribution < 1.29 is 39.5 Å². The lowest BCUT2D eigenvalue weighted by molar-refractivity contribution is 0.465. The van der Waals surface area contributed by atoms with E-state index in [0.717, 1.165) is 111 Å². The summed E-state index contributed by atoms with van der Waals surface area (Å²) in [6, 6.07) is 50.0. The minimum absolute atomic E-state index is 0.00328. The van der Waals surface area contributed by atoms with Crippen molar-refractivity contribution in [1.82, 2.24) is 9.13 Å². The summed E-state index contributed by atoms with van der Waals surface area (Å²) >= 11 is 15.4. The van der Waals surface area contributed by atoms with Crippen LogP contribution in [-0.2, 0) is 67.0 Å². The Bertz CT molecular complexity index is 4740. The molecule has 6 atom stereocenters. The van der Waals surface area contributed by atoms with Gasteiger partial charge in [-0.25, -0.2) is 0 Å². The summed E-state index contributed by atoms with van der Waals surface area (Å²) < 4.78 is 15.5. The number of furan rings is 2. The molecule has 18 heteroatoms. The van der Waals surface area contributed by atoms with Crippen molar-refractivity contribution in [2.45, 2.75) is 339 Å². The topological polar surface area (TPSA) is 158 Å². The fourth-order valence-electron chi connectivity index (χ4n) is 17.8. The van der Waals surface area contributed by atoms with Gasteiger partial charge in [-0.1, -0.05) is 250 Å². The average Bonchev–Trinajstić information content (AvgIpc) is 1.66. The van der Waals surface area contributed by atoms with Crippen LogP contribution in [0.5, 0.6) is 34.5 Å². The van der Waals surface area contributed by atoms with E-state index in [1.165, 1.54) is 149 Å². The van der Waals surface area contributed by atoms with Crippen LogP contribution < -0.4 is 0 Å². The van der Waals surface area contributed by atoms with E-state index in [-0.39, 0.29) is 32.5 Å². The summed E-state index contributed by atoms with van der Waals surface area (Å²) in [5.41, 5.74) is 18.5. The Hall–Kier alpha value is -7.26. The molecule has 0 saturated heterocycles. The van der Waals surface area contributed by atoms with E-state index >= 15 is 0 Å². The Morgan fingerprint density at radius 2 is 0.500 bits per heavy atom. The van der Waals surface area contributed by atoms with Gasteiger partial charge in [0.2, 0.25) is 0 Å². The normalized spacial score (nSPS) is 18.2. The SMILES string of the molecule is CC(C)(C)c1cc(CSC2CCCCCC[C@@H]2SCc2cc(C(C)(C)C)cc(-c3ccco3)c2O)c(O)c(-c2ccco2)c1.CC(C)(C)c1cc(CSC2CCCCCC[C@@H]2SCc2cc(C(C)(C)C)cc(-c3cccs3)c2O)c(O)c(-c2cccs2)c1.CC(C)(C)c1cc(CSC2CCCCCC[C@@H]2SCc2cc(C(C)(C)C)cc(-n3cccc3)c2O)c(O)c(-n2cccc2)c1. The van der Waals surface area contributed by atoms with Crippen LogP contribution in [0, 0.1) is 0 Å². The third-order valence-electron chi connectivity index (χ3n) is 26.3. The first-order chi connectivity index (χ1) is 62.7. The van der Waals surface area contributed by atoms with Gasteiger partial charge in [0.1, 0.15) is 46.0 Å². The van der Waals surface area contributed by atoms with Crippen molar-refractivity contribution in [2.24, 2.45) is 0 Å². The van der Waals surface area contributed by atoms with Crippen LogP contribution in [0.25, 0.3) is 54.9 Å². The number of hydrogen-bond acceptors (Lipinski definition) is 16. The zero-order valence-corrected chi connectivity index (χ0v) is 88.1. The van der Waals surface area contributed by atoms with E-state index in [4.69, 9.17) is 8.83 Å². The van der Waals surface area contributed by atoms with Crippen molar-refractivity contribution in [3.05, 3.63) is 260 Å². The number of phenols is 6. The molecule has 6 aromatic heterocycles. The molecule has 3 saturated carbocycles. The highest BCUT2D eigenvalue weighted by atomic mass is 32.2. The molecule has 708 valence electrons. The maximum Gasteiger partial charge on any atom is 0.143 e. The molecule has 15 rings (SSSR count). The molecule has 132 heavy (non-hydrogen) atoms. The Labute approximate surface area is 823 Å². The minimum atomic E-state index is -0.0504. The maximum absolute atomic E-state index is 11.5. The predicted octanol–water partition coefficient (Wildman–Crippen LogP) is 34.4. The molecule has 6 aromatic carbocycles. The first-order valence-corrected chi connectivity index (χ1v) is 56.1. The van der Waals surface area contributed by atoms with E-state index < -0.39 is 0 Å². The second-order valence-electron chi connectivity index (χ2n) is 42.8. The summed E-state index contributed by atoms with van der Waals surface area (Å²) in [4.78, 5) is 2.25. The molecule has 3 unspecified atom stereocenters. The summed E-state index contributed by atoms with van der Waals surface area (Å²) in [6.45, 7) is 40.2. The zero-order valence-electron chi connectivity index (χ0n) is 81.6. The first kappa shape index (κ1) is 102. The number of thioether (sulfide) groups is 6. The average molecular weight is 1930 g/mol. The first-order valence-electron chi connectivity index (χ1n) is 48.0. The number of rotatable bonds is 24. The molecule has 3 aliphatic rings. The molecule has 0 amide bonds. The minimum Gasteiger partial charge on any atom is -0.507 e. The van der Waals surface area contributed by atoms with Crippen molar-refractivity contribution in [3.63, 3.8) is 0 Å². The zero-order chi connectivity index (χ0) is 94.5. The van der Waals surface area contributed by atoms with Gasteiger partial charge in [0.15, 0.2) is 0 Å². The largest absolute Gasteiger partial charge is 0.507 e. The third kappa shape index (κ3) is 27.0. The number of thiophene rings is 2. The van der Waals surface area contributed by atoms with Gasteiger partial charge < -0.3 is 48.6 Å². The van der Waals surface area contributed by atoms with Crippen molar-refractivity contribution in [1.29, 1.82) is 0 Å². The van der Waals surface area contributed by atoms with E-state index in [2.05, 4.69) is 232 Å². The Morgan fingerprint density at radius 3 is 0.720 bits per heavy atom. The van der Waals surface area contributed by atoms with Crippen LogP contribution in [0.1, 0.15) is 307 Å². The van der Waals surface area contributed by atoms with Gasteiger partial charge in [-0.3, -0.25) is 0 Å². The highest BCUT2D eigenvalue weighted by Crippen LogP contribution is 2.51. The van der Waals surface area contributed by atoms with Gasteiger partial charge in [-0.15, -0.1) is 22.7 Å². The van der Waals surface area contributed by atoms with Crippen LogP contribution in [-0.4, -0.2) is 71.3 Å². The van der Waals surface area contributed by atoms with Crippen LogP contribution in [0.4, 0.5) is 0 Å². The lowest BCUT2D eigenvalue weighted by atomic mass is 9.84. The standard InChI is InChI=1S/C38H50N2O2S2.C38H48O4S2.C38H48O2S4/c1-37(2,3)29-21-27(35(41)31(23-29)39-17-11-12-18-39)25-43-33-15-9-7-8-10-16-34(33)44-26-28-22-30(38(4,5)6)24-32(36(28)42)40-19-13-14-20-40;1-37(2,3)27-19-25(35(39)29(21-27)31-13-11-17-41-31)23-43-33-15-9-7-8-10-16-34(33)44-24-26-20-28(38(4,5)6)22-30(36(26)40)32-14-12-18-42-32;1-37(2,3)27-19-25(35(39)29(21-27)31-15-11-17-41-31)23-43-33-13-9-7-8-10-14-34(33)44-24-26-20-28(38(4,5)6)22-30(36(26)40)32-16-12-18-42-32/h11-14,17-24,33-34,41-42H,7-10,15-16,25-26H2,1-6H3;11-14,17-22,33-34,39-40H,7-10,15-16,23-24H2,1-6H3;11-12,15-22,33-34,39-40H,7-10,13-14,23-24H2,1-6H3/t3*33-,34?/m000/s1. The van der Waals surface area contributed by atoms with E-state index in [1.54, 1.807) is 35.2 Å². The fraction of sp³-hybridized carbons (Fsp3) is 0.474. The molecule has 0 radical (unpaired) electrons. The highest BCUT2D eigenvalue weighted by Gasteiger charge is 2.34. The molecule has 6 N–H and O–H groups in total. The summed E-state index contributed by atoms with van der Waals surface area (Å²) in [5.74, 6) is 8.38. The third-order valence-corrected chi connectivity index (χ3v) is 37.5. The predicted molar refractivity (Wildman–Crippen MR) is 575 cm³/mol. The fourth-order valence-corrected chi connectivity index (χ4v) is 28.5. The molecule has 6 heterocycles. The number of nitrogens with zero attached hydrogens (tertiary/aromatic N) is 2. The van der Waals surface area contributed by atoms with Crippen LogP contribution in [0.3, 0.4) is 0 Å². The number of aromatic hydroxyl groups is 6. The molecule has 0 spiro atoms. The lowest BCUT2D eigenvalue weighted by Gasteiger charge is -2.30. The molecular formula is C114H146N2O8S8. The summed E-state index contributed by atoms with van der Waals surface area (Å²) in [6.07, 6.45) is 33.7. The molecule has 3 aliphatic carbocycles. The molecule has 0 aliphatic heterocycles. The molecular weight excluding hydrogens is 1780 g/mol. The van der Waals surface area contributed by atoms with Crippen LogP contribution >= 0.6 is 93.2 Å². The van der Waals surface area contributed by atoms with E-state index in [0.29, 0.717) is 77.5 Å². The van der Waals surface area contributed by atoms with Gasteiger partial charge >= 0.3 is 0 Å². The van der Waals surface area contributed by atoms with Crippen molar-refractivity contribution >= 4 is 93.2 Å². The Kier molecular flexibility index (Phi) is 35.1. The van der Waals surface area contributed by atoms with Crippen LogP contribution in [0.2, 0.25) is 0 Å². The van der Waals surface area contributed by atoms with Gasteiger partial charge in [0.05, 0.1) is 35.0 Å². The van der Waals surface area contributed by atoms with Gasteiger partial charge in [-0.2, -0.15) is 70.6 Å². The quantitative estimate of drug-likeness (QED) is 0.0340. The van der Waals surface area contributed by atoms with Gasteiger partial charge in [0, 0.05) is 145 Å². The number of benzene rings is 6. The Morgan fingerprint density at radius 1 is 0.273 bits per heavy atom. The number of hydrogen-bond donors (Lipinski definition) is 6.